The third-order valence-electron chi connectivity index (χ3n) is 7.26. The van der Waals surface area contributed by atoms with E-state index in [1.54, 1.807) is 57.2 Å². The van der Waals surface area contributed by atoms with Crippen molar-refractivity contribution in [1.82, 2.24) is 0 Å². The van der Waals surface area contributed by atoms with Gasteiger partial charge in [0.05, 0.1) is 0 Å². The first kappa shape index (κ1) is 25.2. The topological polar surface area (TPSA) is 112 Å². The number of phenolic OH excluding ortho intramolecular Hbond substituents is 3. The smallest absolute Gasteiger partial charge is 0.166 e. The fraction of sp³-hybridized carbons (Fsp3) is 0.300. The number of hydrogen-bond donors (Lipinski definition) is 3. The highest BCUT2D eigenvalue weighted by Gasteiger charge is 2.39. The number of benzene rings is 3. The summed E-state index contributed by atoms with van der Waals surface area (Å²) < 4.78 is 0. The Bertz CT molecular complexity index is 1180. The highest BCUT2D eigenvalue weighted by Crippen LogP contribution is 2.39. The van der Waals surface area contributed by atoms with Crippen LogP contribution in [-0.2, 0) is 0 Å². The average Bonchev–Trinajstić information content (AvgIpc) is 2.87. The molecule has 1 saturated carbocycles. The molecule has 3 N–H and O–H groups in total. The second-order valence-electron chi connectivity index (χ2n) is 9.89. The number of aromatic hydroxyl groups is 3. The van der Waals surface area contributed by atoms with Crippen molar-refractivity contribution in [2.45, 2.75) is 40.0 Å². The van der Waals surface area contributed by atoms with Crippen LogP contribution in [0.15, 0.2) is 54.6 Å². The van der Waals surface area contributed by atoms with Gasteiger partial charge in [0.2, 0.25) is 0 Å². The minimum atomic E-state index is -0.540. The van der Waals surface area contributed by atoms with Gasteiger partial charge in [-0.1, -0.05) is 0 Å². The van der Waals surface area contributed by atoms with Crippen LogP contribution in [0.1, 0.15) is 67.0 Å². The van der Waals surface area contributed by atoms with Gasteiger partial charge in [0.25, 0.3) is 0 Å². The molecule has 6 nitrogen and oxygen atoms in total. The van der Waals surface area contributed by atoms with E-state index < -0.39 is 17.8 Å². The first-order valence-electron chi connectivity index (χ1n) is 12.1. The number of ketones is 3. The van der Waals surface area contributed by atoms with Crippen molar-refractivity contribution >= 4 is 17.3 Å². The molecule has 3 aromatic carbocycles. The summed E-state index contributed by atoms with van der Waals surface area (Å²) in [4.78, 5) is 40.5. The van der Waals surface area contributed by atoms with Crippen LogP contribution in [0.5, 0.6) is 17.2 Å². The van der Waals surface area contributed by atoms with Crippen molar-refractivity contribution in [3.05, 3.63) is 88.0 Å². The lowest BCUT2D eigenvalue weighted by Crippen LogP contribution is -2.35. The van der Waals surface area contributed by atoms with E-state index in [0.29, 0.717) is 52.6 Å². The highest BCUT2D eigenvalue weighted by atomic mass is 16.3. The molecule has 0 unspecified atom stereocenters. The van der Waals surface area contributed by atoms with Crippen LogP contribution in [0.3, 0.4) is 0 Å². The summed E-state index contributed by atoms with van der Waals surface area (Å²) in [7, 11) is 0. The van der Waals surface area contributed by atoms with Crippen LogP contribution in [0.2, 0.25) is 0 Å². The molecule has 1 fully saturated rings. The first-order valence-corrected chi connectivity index (χ1v) is 12.1. The molecule has 0 heterocycles. The van der Waals surface area contributed by atoms with E-state index in [2.05, 4.69) is 0 Å². The van der Waals surface area contributed by atoms with Crippen molar-refractivity contribution in [2.24, 2.45) is 17.8 Å². The van der Waals surface area contributed by atoms with Crippen LogP contribution < -0.4 is 0 Å². The van der Waals surface area contributed by atoms with Crippen LogP contribution >= 0.6 is 0 Å². The summed E-state index contributed by atoms with van der Waals surface area (Å²) in [6, 6.07) is 14.0. The van der Waals surface area contributed by atoms with Gasteiger partial charge >= 0.3 is 0 Å². The zero-order valence-corrected chi connectivity index (χ0v) is 20.6. The molecule has 36 heavy (non-hydrogen) atoms. The maximum absolute atomic E-state index is 13.5. The van der Waals surface area contributed by atoms with Crippen molar-refractivity contribution < 1.29 is 29.7 Å². The predicted molar refractivity (Wildman–Crippen MR) is 136 cm³/mol. The summed E-state index contributed by atoms with van der Waals surface area (Å²) in [6.45, 7) is 5.14. The van der Waals surface area contributed by atoms with Gasteiger partial charge in [0.1, 0.15) is 17.2 Å². The lowest BCUT2D eigenvalue weighted by atomic mass is 9.68. The van der Waals surface area contributed by atoms with Crippen molar-refractivity contribution in [2.75, 3.05) is 0 Å². The summed E-state index contributed by atoms with van der Waals surface area (Å²) >= 11 is 0. The largest absolute Gasteiger partial charge is 0.508 e. The van der Waals surface area contributed by atoms with Crippen molar-refractivity contribution in [3.63, 3.8) is 0 Å². The highest BCUT2D eigenvalue weighted by molar-refractivity contribution is 6.03. The Balaban J connectivity index is 1.67. The summed E-state index contributed by atoms with van der Waals surface area (Å²) in [6.07, 6.45) is 0.946. The quantitative estimate of drug-likeness (QED) is 0.385. The Labute approximate surface area is 210 Å². The Kier molecular flexibility index (Phi) is 6.97. The Morgan fingerprint density at radius 2 is 0.778 bits per heavy atom. The standard InChI is InChI=1S/C30H30O6/c1-16-10-19(4-7-25(16)31)28(34)22-13-23(29(35)20-5-8-26(32)17(2)11-20)15-24(14-22)30(36)21-6-9-27(33)18(3)12-21/h4-12,22-24,31-33H,13-15H2,1-3H3. The van der Waals surface area contributed by atoms with Crippen LogP contribution in [-0.4, -0.2) is 32.7 Å². The summed E-state index contributed by atoms with van der Waals surface area (Å²) in [5.74, 6) is -1.79. The molecule has 4 rings (SSSR count). The zero-order chi connectivity index (χ0) is 26.1. The monoisotopic (exact) mass is 486 g/mol. The lowest BCUT2D eigenvalue weighted by Gasteiger charge is -2.33. The van der Waals surface area contributed by atoms with Gasteiger partial charge in [0, 0.05) is 34.4 Å². The molecule has 0 bridgehead atoms. The van der Waals surface area contributed by atoms with Crippen LogP contribution in [0.25, 0.3) is 0 Å². The third-order valence-corrected chi connectivity index (χ3v) is 7.26. The molecule has 0 atom stereocenters. The SMILES string of the molecule is Cc1cc(C(=O)C2CC(C(=O)c3ccc(O)c(C)c3)CC(C(=O)c3ccc(O)c(C)c3)C2)ccc1O. The molecule has 0 radical (unpaired) electrons. The van der Waals surface area contributed by atoms with E-state index in [9.17, 15) is 29.7 Å². The number of aryl methyl sites for hydroxylation is 3. The Hall–Kier alpha value is -3.93. The second kappa shape index (κ2) is 9.97. The van der Waals surface area contributed by atoms with Crippen molar-refractivity contribution in [1.29, 1.82) is 0 Å². The molecule has 0 aliphatic heterocycles. The zero-order valence-electron chi connectivity index (χ0n) is 20.6. The molecule has 0 saturated heterocycles. The number of Topliss-reactive ketones (excluding diaryl/α,β-unsaturated/α-hetero) is 3. The maximum atomic E-state index is 13.5. The number of rotatable bonds is 6. The molecule has 6 heteroatoms. The van der Waals surface area contributed by atoms with E-state index in [1.807, 2.05) is 0 Å². The third kappa shape index (κ3) is 5.03. The van der Waals surface area contributed by atoms with E-state index in [4.69, 9.17) is 0 Å². The number of hydrogen-bond acceptors (Lipinski definition) is 6. The van der Waals surface area contributed by atoms with Crippen molar-refractivity contribution in [3.8, 4) is 17.2 Å². The van der Waals surface area contributed by atoms with Crippen LogP contribution in [0, 0.1) is 38.5 Å². The molecule has 0 spiro atoms. The van der Waals surface area contributed by atoms with Gasteiger partial charge in [0.15, 0.2) is 17.3 Å². The Morgan fingerprint density at radius 3 is 1.00 bits per heavy atom. The van der Waals surface area contributed by atoms with Gasteiger partial charge in [-0.05, 0) is 111 Å². The predicted octanol–water partition coefficient (Wildman–Crippen LogP) is 5.71. The van der Waals surface area contributed by atoms with Gasteiger partial charge in [-0.25, -0.2) is 0 Å². The fourth-order valence-electron chi connectivity index (χ4n) is 5.09. The summed E-state index contributed by atoms with van der Waals surface area (Å²) in [5.41, 5.74) is 3.06. The molecule has 186 valence electrons. The van der Waals surface area contributed by atoms with Crippen LogP contribution in [0.4, 0.5) is 0 Å². The Morgan fingerprint density at radius 1 is 0.528 bits per heavy atom. The van der Waals surface area contributed by atoms with Gasteiger partial charge < -0.3 is 15.3 Å². The number of carbonyl (C=O) groups is 3. The fourth-order valence-corrected chi connectivity index (χ4v) is 5.09. The number of carbonyl (C=O) groups excluding carboxylic acids is 3. The lowest BCUT2D eigenvalue weighted by molar-refractivity contribution is 0.0682. The minimum absolute atomic E-state index is 0.0988. The molecular weight excluding hydrogens is 456 g/mol. The molecular formula is C30H30O6. The molecule has 1 aliphatic carbocycles. The second-order valence-corrected chi connectivity index (χ2v) is 9.89. The summed E-state index contributed by atoms with van der Waals surface area (Å²) in [5, 5.41) is 29.6. The minimum Gasteiger partial charge on any atom is -0.508 e. The maximum Gasteiger partial charge on any atom is 0.166 e. The molecule has 3 aromatic rings. The van der Waals surface area contributed by atoms with E-state index in [0.717, 1.165) is 0 Å². The van der Waals surface area contributed by atoms with E-state index in [-0.39, 0.29) is 34.6 Å². The van der Waals surface area contributed by atoms with E-state index in [1.165, 1.54) is 18.2 Å². The van der Waals surface area contributed by atoms with E-state index >= 15 is 0 Å². The average molecular weight is 487 g/mol. The number of phenols is 3. The van der Waals surface area contributed by atoms with Gasteiger partial charge in [-0.3, -0.25) is 14.4 Å². The molecule has 0 aromatic heterocycles. The normalized spacial score (nSPS) is 19.6. The van der Waals surface area contributed by atoms with Gasteiger partial charge in [-0.15, -0.1) is 0 Å². The molecule has 0 amide bonds. The van der Waals surface area contributed by atoms with Gasteiger partial charge in [-0.2, -0.15) is 0 Å². The first-order chi connectivity index (χ1) is 17.0. The molecule has 1 aliphatic rings.